The van der Waals surface area contributed by atoms with Crippen molar-refractivity contribution in [1.29, 1.82) is 0 Å². The fourth-order valence-electron chi connectivity index (χ4n) is 3.86. The van der Waals surface area contributed by atoms with Gasteiger partial charge in [-0.15, -0.1) is 0 Å². The molecule has 2 atom stereocenters. The number of hydrogen-bond donors (Lipinski definition) is 1. The zero-order chi connectivity index (χ0) is 22.2. The lowest BCUT2D eigenvalue weighted by Gasteiger charge is -2.20. The van der Waals surface area contributed by atoms with E-state index in [0.29, 0.717) is 34.1 Å². The summed E-state index contributed by atoms with van der Waals surface area (Å²) in [6.07, 6.45) is 0.641. The number of carboxylic acid groups (broad SMARTS) is 1. The van der Waals surface area contributed by atoms with Gasteiger partial charge in [0.1, 0.15) is 0 Å². The Kier molecular flexibility index (Phi) is 6.31. The van der Waals surface area contributed by atoms with Gasteiger partial charge in [-0.1, -0.05) is 36.2 Å². The Hall–Kier alpha value is -2.67. The highest BCUT2D eigenvalue weighted by Gasteiger charge is 2.33. The van der Waals surface area contributed by atoms with Crippen molar-refractivity contribution in [3.63, 3.8) is 0 Å². The number of hydrogen-bond acceptors (Lipinski definition) is 3. The molecule has 1 N–H and O–H groups in total. The summed E-state index contributed by atoms with van der Waals surface area (Å²) in [6.45, 7) is 5.48. The normalized spacial score (nSPS) is 13.3. The maximum atomic E-state index is 14.6. The Labute approximate surface area is 182 Å². The van der Waals surface area contributed by atoms with E-state index in [4.69, 9.17) is 4.74 Å². The van der Waals surface area contributed by atoms with E-state index in [-0.39, 0.29) is 17.6 Å². The molecule has 0 amide bonds. The van der Waals surface area contributed by atoms with Crippen LogP contribution < -0.4 is 4.74 Å². The third-order valence-corrected chi connectivity index (χ3v) is 6.14. The number of carbonyl (C=O) groups excluding carboxylic acids is 1. The van der Waals surface area contributed by atoms with Crippen molar-refractivity contribution in [2.45, 2.75) is 33.1 Å². The van der Waals surface area contributed by atoms with E-state index >= 15 is 0 Å². The minimum Gasteiger partial charge on any atom is -0.494 e. The SMILES string of the molecule is CC[C@@H](C)C(C(=O)O)c1c(C)n(C(=O)c2ccc(Br)cc2)c2cc(F)c(OC)cc12. The fourth-order valence-corrected chi connectivity index (χ4v) is 4.12. The fraction of sp³-hybridized carbons (Fsp3) is 0.304. The van der Waals surface area contributed by atoms with Gasteiger partial charge in [-0.2, -0.15) is 0 Å². The average Bonchev–Trinajstić information content (AvgIpc) is 2.98. The number of fused-ring (bicyclic) bond motifs is 1. The lowest BCUT2D eigenvalue weighted by Crippen LogP contribution is -2.21. The molecule has 158 valence electrons. The standard InChI is InChI=1S/C23H23BrFNO4/c1-5-12(2)20(23(28)29)21-13(3)26(22(27)14-6-8-15(24)9-7-14)18-11-17(25)19(30-4)10-16(18)21/h6-12,20H,5H2,1-4H3,(H,28,29)/t12-,20?/m1/s1. The van der Waals surface area contributed by atoms with E-state index in [1.807, 2.05) is 13.8 Å². The number of aromatic nitrogens is 1. The summed E-state index contributed by atoms with van der Waals surface area (Å²) >= 11 is 3.35. The molecule has 1 aromatic heterocycles. The van der Waals surface area contributed by atoms with Crippen molar-refractivity contribution in [2.24, 2.45) is 5.92 Å². The van der Waals surface area contributed by atoms with Crippen molar-refractivity contribution in [3.8, 4) is 5.75 Å². The minimum atomic E-state index is -0.981. The number of nitrogens with zero attached hydrogens (tertiary/aromatic N) is 1. The number of ether oxygens (including phenoxy) is 1. The van der Waals surface area contributed by atoms with Gasteiger partial charge < -0.3 is 9.84 Å². The number of halogens is 2. The Bertz CT molecular complexity index is 1120. The van der Waals surface area contributed by atoms with Crippen LogP contribution in [0.15, 0.2) is 40.9 Å². The monoisotopic (exact) mass is 475 g/mol. The lowest BCUT2D eigenvalue weighted by atomic mass is 9.84. The zero-order valence-corrected chi connectivity index (χ0v) is 18.8. The highest BCUT2D eigenvalue weighted by molar-refractivity contribution is 9.10. The third-order valence-electron chi connectivity index (χ3n) is 5.61. The summed E-state index contributed by atoms with van der Waals surface area (Å²) < 4.78 is 21.9. The van der Waals surface area contributed by atoms with Crippen LogP contribution in [0.4, 0.5) is 4.39 Å². The van der Waals surface area contributed by atoms with E-state index < -0.39 is 17.7 Å². The van der Waals surface area contributed by atoms with Crippen molar-refractivity contribution in [2.75, 3.05) is 7.11 Å². The van der Waals surface area contributed by atoms with Crippen LogP contribution in [0, 0.1) is 18.7 Å². The van der Waals surface area contributed by atoms with Crippen molar-refractivity contribution in [1.82, 2.24) is 4.57 Å². The first-order valence-electron chi connectivity index (χ1n) is 9.62. The second-order valence-corrected chi connectivity index (χ2v) is 8.27. The van der Waals surface area contributed by atoms with Crippen molar-refractivity contribution < 1.29 is 23.8 Å². The summed E-state index contributed by atoms with van der Waals surface area (Å²) in [5, 5.41) is 10.5. The Morgan fingerprint density at radius 2 is 1.87 bits per heavy atom. The highest BCUT2D eigenvalue weighted by atomic mass is 79.9. The van der Waals surface area contributed by atoms with Crippen molar-refractivity contribution >= 4 is 38.7 Å². The molecular formula is C23H23BrFNO4. The molecule has 7 heteroatoms. The van der Waals surface area contributed by atoms with Crippen LogP contribution in [0.25, 0.3) is 10.9 Å². The quantitative estimate of drug-likeness (QED) is 0.491. The first kappa shape index (κ1) is 22.0. The maximum absolute atomic E-state index is 14.6. The third kappa shape index (κ3) is 3.74. The number of rotatable bonds is 6. The van der Waals surface area contributed by atoms with Gasteiger partial charge in [-0.05, 0) is 48.7 Å². The smallest absolute Gasteiger partial charge is 0.311 e. The second-order valence-electron chi connectivity index (χ2n) is 7.35. The first-order chi connectivity index (χ1) is 14.2. The predicted molar refractivity (Wildman–Crippen MR) is 117 cm³/mol. The number of carboxylic acids is 1. The summed E-state index contributed by atoms with van der Waals surface area (Å²) in [5.41, 5.74) is 1.73. The van der Waals surface area contributed by atoms with Crippen LogP contribution in [0.2, 0.25) is 0 Å². The molecule has 2 aromatic carbocycles. The van der Waals surface area contributed by atoms with E-state index in [9.17, 15) is 19.1 Å². The summed E-state index contributed by atoms with van der Waals surface area (Å²) in [6, 6.07) is 9.55. The molecule has 0 aliphatic carbocycles. The van der Waals surface area contributed by atoms with Crippen molar-refractivity contribution in [3.05, 3.63) is 63.5 Å². The largest absolute Gasteiger partial charge is 0.494 e. The molecular weight excluding hydrogens is 453 g/mol. The molecule has 0 spiro atoms. The van der Waals surface area contributed by atoms with E-state index in [2.05, 4.69) is 15.9 Å². The molecule has 3 rings (SSSR count). The zero-order valence-electron chi connectivity index (χ0n) is 17.2. The van der Waals surface area contributed by atoms with Gasteiger partial charge in [-0.25, -0.2) is 4.39 Å². The highest BCUT2D eigenvalue weighted by Crippen LogP contribution is 2.39. The molecule has 0 saturated heterocycles. The summed E-state index contributed by atoms with van der Waals surface area (Å²) in [5.74, 6) is -2.97. The summed E-state index contributed by atoms with van der Waals surface area (Å²) in [7, 11) is 1.35. The molecule has 0 aliphatic rings. The number of aliphatic carboxylic acids is 1. The molecule has 30 heavy (non-hydrogen) atoms. The molecule has 5 nitrogen and oxygen atoms in total. The molecule has 1 unspecified atom stereocenters. The molecule has 1 heterocycles. The Balaban J connectivity index is 2.36. The van der Waals surface area contributed by atoms with Crippen LogP contribution in [-0.4, -0.2) is 28.7 Å². The van der Waals surface area contributed by atoms with Crippen LogP contribution in [0.5, 0.6) is 5.75 Å². The molecule has 0 radical (unpaired) electrons. The van der Waals surface area contributed by atoms with E-state index in [1.54, 1.807) is 31.2 Å². The lowest BCUT2D eigenvalue weighted by molar-refractivity contribution is -0.140. The van der Waals surface area contributed by atoms with E-state index in [0.717, 1.165) is 4.47 Å². The van der Waals surface area contributed by atoms with E-state index in [1.165, 1.54) is 23.8 Å². The molecule has 0 bridgehead atoms. The summed E-state index contributed by atoms with van der Waals surface area (Å²) in [4.78, 5) is 25.5. The number of methoxy groups -OCH3 is 1. The van der Waals surface area contributed by atoms with Crippen LogP contribution >= 0.6 is 15.9 Å². The van der Waals surface area contributed by atoms with Crippen LogP contribution in [0.3, 0.4) is 0 Å². The molecule has 0 saturated carbocycles. The van der Waals surface area contributed by atoms with Crippen LogP contribution in [-0.2, 0) is 4.79 Å². The average molecular weight is 476 g/mol. The number of carbonyl (C=O) groups is 2. The van der Waals surface area contributed by atoms with Gasteiger partial charge in [0.05, 0.1) is 18.5 Å². The van der Waals surface area contributed by atoms with Gasteiger partial charge in [0, 0.05) is 27.2 Å². The number of benzene rings is 2. The second kappa shape index (κ2) is 8.60. The van der Waals surface area contributed by atoms with Crippen LogP contribution in [0.1, 0.15) is 47.8 Å². The minimum absolute atomic E-state index is 0.00489. The Morgan fingerprint density at radius 1 is 1.23 bits per heavy atom. The molecule has 0 aliphatic heterocycles. The Morgan fingerprint density at radius 3 is 2.40 bits per heavy atom. The van der Waals surface area contributed by atoms with Gasteiger partial charge in [0.15, 0.2) is 11.6 Å². The molecule has 0 fully saturated rings. The van der Waals surface area contributed by atoms with Gasteiger partial charge in [-0.3, -0.25) is 14.2 Å². The van der Waals surface area contributed by atoms with Gasteiger partial charge in [0.25, 0.3) is 5.91 Å². The topological polar surface area (TPSA) is 68.5 Å². The maximum Gasteiger partial charge on any atom is 0.311 e. The predicted octanol–water partition coefficient (Wildman–Crippen LogP) is 5.76. The first-order valence-corrected chi connectivity index (χ1v) is 10.4. The molecule has 3 aromatic rings. The van der Waals surface area contributed by atoms with Gasteiger partial charge >= 0.3 is 5.97 Å². The van der Waals surface area contributed by atoms with Gasteiger partial charge in [0.2, 0.25) is 0 Å².